The Labute approximate surface area is 148 Å². The largest absolute Gasteiger partial charge is 0.468 e. The summed E-state index contributed by atoms with van der Waals surface area (Å²) in [6, 6.07) is 15.2. The zero-order chi connectivity index (χ0) is 17.6. The Morgan fingerprint density at radius 1 is 1.20 bits per heavy atom. The Morgan fingerprint density at radius 3 is 2.76 bits per heavy atom. The van der Waals surface area contributed by atoms with E-state index in [0.717, 1.165) is 10.6 Å². The lowest BCUT2D eigenvalue weighted by Crippen LogP contribution is -2.14. The average Bonchev–Trinajstić information content (AvgIpc) is 3.11. The van der Waals surface area contributed by atoms with E-state index in [1.165, 1.54) is 16.8 Å². The molecule has 3 aromatic rings. The van der Waals surface area contributed by atoms with Gasteiger partial charge in [-0.2, -0.15) is 5.10 Å². The molecular formula is C18H16FN3O2S. The van der Waals surface area contributed by atoms with Crippen molar-refractivity contribution in [3.05, 3.63) is 72.3 Å². The molecule has 1 heterocycles. The van der Waals surface area contributed by atoms with Crippen LogP contribution in [0, 0.1) is 5.82 Å². The monoisotopic (exact) mass is 357 g/mol. The molecule has 1 amide bonds. The van der Waals surface area contributed by atoms with Crippen LogP contribution >= 0.6 is 11.8 Å². The number of nitrogens with zero attached hydrogens (tertiary/aromatic N) is 2. The van der Waals surface area contributed by atoms with E-state index in [-0.39, 0.29) is 24.1 Å². The summed E-state index contributed by atoms with van der Waals surface area (Å²) in [6.07, 6.45) is 3.55. The standard InChI is InChI=1S/C18H16FN3O2S/c1-25-17-9-5-3-7-14(17)20-18(23)15-10-11-22(21-15)12-24-16-8-4-2-6-13(16)19/h2-11H,12H2,1H3,(H,20,23). The number of halogens is 1. The Balaban J connectivity index is 1.64. The van der Waals surface area contributed by atoms with Crippen molar-refractivity contribution in [3.63, 3.8) is 0 Å². The molecule has 7 heteroatoms. The molecule has 0 bridgehead atoms. The maximum absolute atomic E-state index is 13.5. The van der Waals surface area contributed by atoms with Gasteiger partial charge < -0.3 is 10.1 Å². The first-order chi connectivity index (χ1) is 12.2. The lowest BCUT2D eigenvalue weighted by Gasteiger charge is -2.08. The highest BCUT2D eigenvalue weighted by atomic mass is 32.2. The van der Waals surface area contributed by atoms with Gasteiger partial charge in [0.15, 0.2) is 24.0 Å². The number of nitrogens with one attached hydrogen (secondary N) is 1. The first-order valence-corrected chi connectivity index (χ1v) is 8.75. The molecular weight excluding hydrogens is 341 g/mol. The zero-order valence-electron chi connectivity index (χ0n) is 13.5. The number of rotatable bonds is 6. The van der Waals surface area contributed by atoms with Crippen LogP contribution in [0.25, 0.3) is 0 Å². The quantitative estimate of drug-likeness (QED) is 0.677. The van der Waals surface area contributed by atoms with Gasteiger partial charge in [-0.1, -0.05) is 24.3 Å². The molecule has 25 heavy (non-hydrogen) atoms. The van der Waals surface area contributed by atoms with E-state index in [1.807, 2.05) is 30.5 Å². The van der Waals surface area contributed by atoms with Crippen LogP contribution < -0.4 is 10.1 Å². The third-order valence-electron chi connectivity index (χ3n) is 3.42. The summed E-state index contributed by atoms with van der Waals surface area (Å²) in [5, 5.41) is 6.99. The first-order valence-electron chi connectivity index (χ1n) is 7.52. The Bertz CT molecular complexity index is 882. The molecule has 3 rings (SSSR count). The van der Waals surface area contributed by atoms with Crippen LogP contribution in [-0.4, -0.2) is 21.9 Å². The first kappa shape index (κ1) is 17.0. The molecule has 0 atom stereocenters. The number of aromatic nitrogens is 2. The van der Waals surface area contributed by atoms with E-state index >= 15 is 0 Å². The van der Waals surface area contributed by atoms with Crippen molar-refractivity contribution in [3.8, 4) is 5.75 Å². The average molecular weight is 357 g/mol. The van der Waals surface area contributed by atoms with Crippen LogP contribution in [0.15, 0.2) is 65.7 Å². The van der Waals surface area contributed by atoms with E-state index in [1.54, 1.807) is 36.2 Å². The van der Waals surface area contributed by atoms with Crippen LogP contribution in [0.3, 0.4) is 0 Å². The Hall–Kier alpha value is -2.80. The lowest BCUT2D eigenvalue weighted by molar-refractivity contribution is 0.102. The van der Waals surface area contributed by atoms with E-state index in [0.29, 0.717) is 0 Å². The molecule has 0 aliphatic rings. The predicted octanol–water partition coefficient (Wildman–Crippen LogP) is 4.03. The van der Waals surface area contributed by atoms with Crippen LogP contribution in [0.5, 0.6) is 5.75 Å². The van der Waals surface area contributed by atoms with Gasteiger partial charge in [-0.25, -0.2) is 9.07 Å². The molecule has 0 unspecified atom stereocenters. The number of hydrogen-bond acceptors (Lipinski definition) is 4. The van der Waals surface area contributed by atoms with Crippen LogP contribution in [0.4, 0.5) is 10.1 Å². The molecule has 128 valence electrons. The van der Waals surface area contributed by atoms with Crippen molar-refractivity contribution < 1.29 is 13.9 Å². The molecule has 1 aromatic heterocycles. The normalized spacial score (nSPS) is 10.5. The second kappa shape index (κ2) is 7.85. The minimum absolute atomic E-state index is 0.00954. The smallest absolute Gasteiger partial charge is 0.276 e. The van der Waals surface area contributed by atoms with Gasteiger partial charge >= 0.3 is 0 Å². The number of benzene rings is 2. The molecule has 0 spiro atoms. The third-order valence-corrected chi connectivity index (χ3v) is 4.21. The van der Waals surface area contributed by atoms with Gasteiger partial charge in [-0.05, 0) is 36.6 Å². The molecule has 2 aromatic carbocycles. The van der Waals surface area contributed by atoms with Gasteiger partial charge in [0.1, 0.15) is 0 Å². The molecule has 0 aliphatic heterocycles. The van der Waals surface area contributed by atoms with Crippen molar-refractivity contribution in [1.29, 1.82) is 0 Å². The van der Waals surface area contributed by atoms with Gasteiger partial charge in [-0.15, -0.1) is 11.8 Å². The number of carbonyl (C=O) groups is 1. The SMILES string of the molecule is CSc1ccccc1NC(=O)c1ccn(COc2ccccc2F)n1. The van der Waals surface area contributed by atoms with E-state index in [2.05, 4.69) is 10.4 Å². The number of thioether (sulfide) groups is 1. The molecule has 0 aliphatic carbocycles. The number of para-hydroxylation sites is 2. The van der Waals surface area contributed by atoms with Crippen molar-refractivity contribution in [1.82, 2.24) is 9.78 Å². The van der Waals surface area contributed by atoms with Crippen LogP contribution in [0.1, 0.15) is 10.5 Å². The fraction of sp³-hybridized carbons (Fsp3) is 0.111. The Morgan fingerprint density at radius 2 is 1.96 bits per heavy atom. The summed E-state index contributed by atoms with van der Waals surface area (Å²) in [5.74, 6) is -0.620. The number of carbonyl (C=O) groups excluding carboxylic acids is 1. The molecule has 1 N–H and O–H groups in total. The molecule has 0 fully saturated rings. The van der Waals surface area contributed by atoms with Gasteiger partial charge in [0.2, 0.25) is 0 Å². The lowest BCUT2D eigenvalue weighted by atomic mass is 10.3. The second-order valence-corrected chi connectivity index (χ2v) is 5.95. The fourth-order valence-corrected chi connectivity index (χ4v) is 2.74. The summed E-state index contributed by atoms with van der Waals surface area (Å²) >= 11 is 1.55. The fourth-order valence-electron chi connectivity index (χ4n) is 2.19. The van der Waals surface area contributed by atoms with Crippen molar-refractivity contribution in [2.45, 2.75) is 11.6 Å². The number of anilines is 1. The topological polar surface area (TPSA) is 56.2 Å². The molecule has 0 saturated heterocycles. The maximum Gasteiger partial charge on any atom is 0.276 e. The minimum Gasteiger partial charge on any atom is -0.468 e. The van der Waals surface area contributed by atoms with Crippen molar-refractivity contribution in [2.75, 3.05) is 11.6 Å². The van der Waals surface area contributed by atoms with Gasteiger partial charge in [0.25, 0.3) is 5.91 Å². The van der Waals surface area contributed by atoms with E-state index < -0.39 is 5.82 Å². The van der Waals surface area contributed by atoms with Crippen LogP contribution in [-0.2, 0) is 6.73 Å². The van der Waals surface area contributed by atoms with Gasteiger partial charge in [0.05, 0.1) is 5.69 Å². The molecule has 0 saturated carbocycles. The molecule has 0 radical (unpaired) electrons. The highest BCUT2D eigenvalue weighted by Gasteiger charge is 2.12. The predicted molar refractivity (Wildman–Crippen MR) is 95.4 cm³/mol. The number of hydrogen-bond donors (Lipinski definition) is 1. The highest BCUT2D eigenvalue weighted by molar-refractivity contribution is 7.98. The summed E-state index contributed by atoms with van der Waals surface area (Å²) in [7, 11) is 0. The van der Waals surface area contributed by atoms with E-state index in [9.17, 15) is 9.18 Å². The summed E-state index contributed by atoms with van der Waals surface area (Å²) in [5.41, 5.74) is 0.991. The number of ether oxygens (including phenoxy) is 1. The van der Waals surface area contributed by atoms with Crippen molar-refractivity contribution >= 4 is 23.4 Å². The van der Waals surface area contributed by atoms with E-state index in [4.69, 9.17) is 4.74 Å². The minimum atomic E-state index is -0.443. The highest BCUT2D eigenvalue weighted by Crippen LogP contribution is 2.25. The Kier molecular flexibility index (Phi) is 5.35. The number of amides is 1. The molecule has 5 nitrogen and oxygen atoms in total. The van der Waals surface area contributed by atoms with Gasteiger partial charge in [0, 0.05) is 11.1 Å². The summed E-state index contributed by atoms with van der Waals surface area (Å²) in [4.78, 5) is 13.3. The summed E-state index contributed by atoms with van der Waals surface area (Å²) in [6.45, 7) is 0.00954. The third kappa shape index (κ3) is 4.19. The van der Waals surface area contributed by atoms with Gasteiger partial charge in [-0.3, -0.25) is 4.79 Å². The zero-order valence-corrected chi connectivity index (χ0v) is 14.3. The van der Waals surface area contributed by atoms with Crippen molar-refractivity contribution in [2.24, 2.45) is 0 Å². The maximum atomic E-state index is 13.5. The summed E-state index contributed by atoms with van der Waals surface area (Å²) < 4.78 is 20.3. The second-order valence-electron chi connectivity index (χ2n) is 5.10. The van der Waals surface area contributed by atoms with Crippen LogP contribution in [0.2, 0.25) is 0 Å².